The number of amides is 1. The topological polar surface area (TPSA) is 79.3 Å². The van der Waals surface area contributed by atoms with Crippen LogP contribution in [0.4, 0.5) is 0 Å². The normalized spacial score (nSPS) is 12.0. The molecule has 0 aliphatic heterocycles. The van der Waals surface area contributed by atoms with E-state index >= 15 is 0 Å². The van der Waals surface area contributed by atoms with Crippen molar-refractivity contribution in [1.82, 2.24) is 10.3 Å². The molecule has 0 spiro atoms. The van der Waals surface area contributed by atoms with Crippen LogP contribution in [0.2, 0.25) is 0 Å². The van der Waals surface area contributed by atoms with Gasteiger partial charge in [-0.25, -0.2) is 0 Å². The van der Waals surface area contributed by atoms with Gasteiger partial charge in [-0.05, 0) is 29.9 Å². The van der Waals surface area contributed by atoms with E-state index in [1.165, 1.54) is 0 Å². The molecule has 1 heterocycles. The Kier molecular flexibility index (Phi) is 5.69. The molecule has 0 atom stereocenters. The van der Waals surface area contributed by atoms with E-state index in [4.69, 9.17) is 5.11 Å². The largest absolute Gasteiger partial charge is 0.481 e. The number of nitrogens with one attached hydrogen (secondary N) is 1. The van der Waals surface area contributed by atoms with Crippen LogP contribution in [0.25, 0.3) is 0 Å². The summed E-state index contributed by atoms with van der Waals surface area (Å²) < 4.78 is 0. The second-order valence-corrected chi connectivity index (χ2v) is 6.69. The van der Waals surface area contributed by atoms with Crippen molar-refractivity contribution in [1.29, 1.82) is 0 Å². The van der Waals surface area contributed by atoms with Gasteiger partial charge in [-0.3, -0.25) is 14.6 Å². The number of hydrogen-bond donors (Lipinski definition) is 2. The average Bonchev–Trinajstić information content (AvgIpc) is 2.45. The monoisotopic (exact) mass is 306 g/mol. The summed E-state index contributed by atoms with van der Waals surface area (Å²) in [7, 11) is 0. The molecule has 0 saturated carbocycles. The van der Waals surface area contributed by atoms with Gasteiger partial charge in [-0.2, -0.15) is 0 Å². The fraction of sp³-hybridized carbons (Fsp3) is 0.588. The van der Waals surface area contributed by atoms with E-state index in [0.29, 0.717) is 18.5 Å². The summed E-state index contributed by atoms with van der Waals surface area (Å²) in [5.74, 6) is -1.24. The maximum atomic E-state index is 12.4. The van der Waals surface area contributed by atoms with Crippen LogP contribution in [-0.2, 0) is 10.2 Å². The number of carboxylic acid groups (broad SMARTS) is 1. The Morgan fingerprint density at radius 1 is 1.18 bits per heavy atom. The Balaban J connectivity index is 2.93. The first-order chi connectivity index (χ1) is 10.1. The summed E-state index contributed by atoms with van der Waals surface area (Å²) in [6.45, 7) is 9.99. The minimum absolute atomic E-state index is 0.0259. The molecule has 0 unspecified atom stereocenters. The van der Waals surface area contributed by atoms with E-state index < -0.39 is 11.5 Å². The van der Waals surface area contributed by atoms with Crippen LogP contribution in [0.3, 0.4) is 0 Å². The number of carbonyl (C=O) groups is 2. The Bertz CT molecular complexity index is 526. The highest BCUT2D eigenvalue weighted by atomic mass is 16.4. The van der Waals surface area contributed by atoms with Crippen LogP contribution < -0.4 is 5.32 Å². The minimum Gasteiger partial charge on any atom is -0.481 e. The zero-order valence-electron chi connectivity index (χ0n) is 14.1. The molecule has 1 rings (SSSR count). The van der Waals surface area contributed by atoms with E-state index in [1.807, 2.05) is 19.9 Å². The van der Waals surface area contributed by atoms with Crippen molar-refractivity contribution in [2.75, 3.05) is 0 Å². The second-order valence-electron chi connectivity index (χ2n) is 6.69. The number of carbonyl (C=O) groups excluding carboxylic acids is 1. The van der Waals surface area contributed by atoms with Crippen molar-refractivity contribution in [3.8, 4) is 0 Å². The zero-order valence-corrected chi connectivity index (χ0v) is 14.1. The molecule has 5 heteroatoms. The van der Waals surface area contributed by atoms with Crippen molar-refractivity contribution in [3.63, 3.8) is 0 Å². The molecular formula is C17H26N2O3. The predicted molar refractivity (Wildman–Crippen MR) is 86.0 cm³/mol. The van der Waals surface area contributed by atoms with Crippen LogP contribution in [0.1, 0.15) is 69.9 Å². The molecular weight excluding hydrogens is 280 g/mol. The van der Waals surface area contributed by atoms with Crippen LogP contribution in [0, 0.1) is 0 Å². The Morgan fingerprint density at radius 2 is 1.77 bits per heavy atom. The molecule has 0 bridgehead atoms. The first-order valence-corrected chi connectivity index (χ1v) is 7.64. The van der Waals surface area contributed by atoms with Gasteiger partial charge in [0.1, 0.15) is 5.69 Å². The maximum absolute atomic E-state index is 12.4. The van der Waals surface area contributed by atoms with Crippen molar-refractivity contribution in [3.05, 3.63) is 29.6 Å². The molecule has 0 saturated heterocycles. The summed E-state index contributed by atoms with van der Waals surface area (Å²) in [6.07, 6.45) is 2.72. The lowest BCUT2D eigenvalue weighted by molar-refractivity contribution is -0.138. The summed E-state index contributed by atoms with van der Waals surface area (Å²) in [5.41, 5.74) is 0.603. The molecule has 0 fully saturated rings. The van der Waals surface area contributed by atoms with Crippen LogP contribution in [0.5, 0.6) is 0 Å². The first-order valence-electron chi connectivity index (χ1n) is 7.64. The summed E-state index contributed by atoms with van der Waals surface area (Å²) >= 11 is 0. The predicted octanol–water partition coefficient (Wildman–Crippen LogP) is 3.14. The average molecular weight is 306 g/mol. The molecule has 5 nitrogen and oxygen atoms in total. The van der Waals surface area contributed by atoms with Crippen LogP contribution >= 0.6 is 0 Å². The summed E-state index contributed by atoms with van der Waals surface area (Å²) in [6, 6.07) is 3.57. The van der Waals surface area contributed by atoms with E-state index in [0.717, 1.165) is 5.56 Å². The number of aromatic nitrogens is 1. The number of pyridine rings is 1. The van der Waals surface area contributed by atoms with Gasteiger partial charge < -0.3 is 10.4 Å². The van der Waals surface area contributed by atoms with Crippen LogP contribution in [0.15, 0.2) is 18.3 Å². The van der Waals surface area contributed by atoms with E-state index in [1.54, 1.807) is 12.3 Å². The molecule has 0 aliphatic rings. The third-order valence-electron chi connectivity index (χ3n) is 4.08. The van der Waals surface area contributed by atoms with Crippen molar-refractivity contribution < 1.29 is 14.7 Å². The lowest BCUT2D eigenvalue weighted by Crippen LogP contribution is -2.49. The van der Waals surface area contributed by atoms with Gasteiger partial charge >= 0.3 is 5.97 Å². The first kappa shape index (κ1) is 18.1. The number of aliphatic carboxylic acids is 1. The Morgan fingerprint density at radius 3 is 2.14 bits per heavy atom. The van der Waals surface area contributed by atoms with Gasteiger partial charge in [0, 0.05) is 6.20 Å². The number of rotatable bonds is 6. The van der Waals surface area contributed by atoms with Gasteiger partial charge in [-0.15, -0.1) is 0 Å². The standard InChI is InChI=1S/C17H26N2O3/c1-6-17(7-2,10-14(20)21)19-15(22)13-9-8-12(11-18-13)16(3,4)5/h8-9,11H,6-7,10H2,1-5H3,(H,19,22)(H,20,21). The van der Waals surface area contributed by atoms with Gasteiger partial charge in [0.25, 0.3) is 5.91 Å². The summed E-state index contributed by atoms with van der Waals surface area (Å²) in [4.78, 5) is 27.6. The van der Waals surface area contributed by atoms with Gasteiger partial charge in [0.2, 0.25) is 0 Å². The minimum atomic E-state index is -0.917. The summed E-state index contributed by atoms with van der Waals surface area (Å²) in [5, 5.41) is 11.9. The lowest BCUT2D eigenvalue weighted by Gasteiger charge is -2.31. The molecule has 0 aromatic carbocycles. The molecule has 2 N–H and O–H groups in total. The number of hydrogen-bond acceptors (Lipinski definition) is 3. The molecule has 1 aromatic heterocycles. The number of nitrogens with zero attached hydrogens (tertiary/aromatic N) is 1. The van der Waals surface area contributed by atoms with E-state index in [-0.39, 0.29) is 17.7 Å². The van der Waals surface area contributed by atoms with Crippen molar-refractivity contribution in [2.24, 2.45) is 0 Å². The zero-order chi connectivity index (χ0) is 17.0. The number of carboxylic acids is 1. The van der Waals surface area contributed by atoms with Crippen molar-refractivity contribution >= 4 is 11.9 Å². The fourth-order valence-corrected chi connectivity index (χ4v) is 2.29. The highest BCUT2D eigenvalue weighted by Gasteiger charge is 2.31. The maximum Gasteiger partial charge on any atom is 0.305 e. The molecule has 1 aromatic rings. The highest BCUT2D eigenvalue weighted by molar-refractivity contribution is 5.93. The SMILES string of the molecule is CCC(CC)(CC(=O)O)NC(=O)c1ccc(C(C)(C)C)cn1. The van der Waals surface area contributed by atoms with Gasteiger partial charge in [-0.1, -0.05) is 40.7 Å². The van der Waals surface area contributed by atoms with E-state index in [2.05, 4.69) is 31.1 Å². The highest BCUT2D eigenvalue weighted by Crippen LogP contribution is 2.22. The third kappa shape index (κ3) is 4.55. The Hall–Kier alpha value is -1.91. The van der Waals surface area contributed by atoms with Gasteiger partial charge in [0.15, 0.2) is 0 Å². The third-order valence-corrected chi connectivity index (χ3v) is 4.08. The van der Waals surface area contributed by atoms with E-state index in [9.17, 15) is 9.59 Å². The molecule has 1 amide bonds. The smallest absolute Gasteiger partial charge is 0.305 e. The quantitative estimate of drug-likeness (QED) is 0.846. The molecule has 0 radical (unpaired) electrons. The lowest BCUT2D eigenvalue weighted by atomic mass is 9.88. The van der Waals surface area contributed by atoms with Gasteiger partial charge in [0.05, 0.1) is 12.0 Å². The Labute approximate surface area is 132 Å². The molecule has 122 valence electrons. The molecule has 0 aliphatic carbocycles. The second kappa shape index (κ2) is 6.90. The van der Waals surface area contributed by atoms with Crippen molar-refractivity contribution in [2.45, 2.75) is 64.8 Å². The molecule has 22 heavy (non-hydrogen) atoms. The van der Waals surface area contributed by atoms with Crippen LogP contribution in [-0.4, -0.2) is 27.5 Å². The fourth-order valence-electron chi connectivity index (χ4n) is 2.29.